The summed E-state index contributed by atoms with van der Waals surface area (Å²) < 4.78 is 36.5. The molecule has 1 aliphatic heterocycles. The molecule has 0 radical (unpaired) electrons. The van der Waals surface area contributed by atoms with Gasteiger partial charge in [-0.25, -0.2) is 23.2 Å². The minimum Gasteiger partial charge on any atom is -0.465 e. The summed E-state index contributed by atoms with van der Waals surface area (Å²) in [7, 11) is -2.41. The lowest BCUT2D eigenvalue weighted by Crippen LogP contribution is -2.48. The van der Waals surface area contributed by atoms with Crippen LogP contribution in [0.25, 0.3) is 11.6 Å². The summed E-state index contributed by atoms with van der Waals surface area (Å²) in [6.07, 6.45) is 3.14. The van der Waals surface area contributed by atoms with Crippen molar-refractivity contribution in [2.45, 2.75) is 10.8 Å². The van der Waals surface area contributed by atoms with Crippen molar-refractivity contribution < 1.29 is 22.5 Å². The van der Waals surface area contributed by atoms with E-state index in [4.69, 9.17) is 4.52 Å². The van der Waals surface area contributed by atoms with E-state index in [0.29, 0.717) is 11.7 Å². The van der Waals surface area contributed by atoms with Crippen molar-refractivity contribution in [2.75, 3.05) is 20.2 Å². The van der Waals surface area contributed by atoms with E-state index >= 15 is 0 Å². The number of ether oxygens (including phenoxy) is 1. The number of hydrogen-bond donors (Lipinski definition) is 0. The maximum atomic E-state index is 12.7. The van der Waals surface area contributed by atoms with Crippen LogP contribution in [0.3, 0.4) is 0 Å². The zero-order chi connectivity index (χ0) is 19.7. The lowest BCUT2D eigenvalue weighted by atomic mass is 10.0. The van der Waals surface area contributed by atoms with Crippen LogP contribution in [-0.2, 0) is 14.8 Å². The Balaban J connectivity index is 1.44. The number of rotatable bonds is 5. The maximum Gasteiger partial charge on any atom is 0.337 e. The van der Waals surface area contributed by atoms with Gasteiger partial charge in [-0.3, -0.25) is 0 Å². The van der Waals surface area contributed by atoms with Crippen LogP contribution in [0.5, 0.6) is 0 Å². The molecule has 0 saturated carbocycles. The summed E-state index contributed by atoms with van der Waals surface area (Å²) in [5.74, 6) is 0.217. The fourth-order valence-electron chi connectivity index (χ4n) is 2.73. The standard InChI is InChI=1S/C17H15N5O5S/c1-26-17(23)11-3-5-13(6-4-11)28(24,25)22-9-12(10-22)16-20-15(21-27-16)14-18-7-2-8-19-14/h2-8,12H,9-10H2,1H3. The Morgan fingerprint density at radius 1 is 1.14 bits per heavy atom. The highest BCUT2D eigenvalue weighted by atomic mass is 32.2. The molecule has 0 bridgehead atoms. The van der Waals surface area contributed by atoms with Crippen molar-refractivity contribution in [1.82, 2.24) is 24.4 Å². The Bertz CT molecular complexity index is 1090. The van der Waals surface area contributed by atoms with Gasteiger partial charge in [-0.1, -0.05) is 5.16 Å². The molecule has 1 fully saturated rings. The molecule has 3 aromatic rings. The van der Waals surface area contributed by atoms with Crippen LogP contribution in [0.2, 0.25) is 0 Å². The highest BCUT2D eigenvalue weighted by molar-refractivity contribution is 7.89. The number of methoxy groups -OCH3 is 1. The first kappa shape index (κ1) is 18.2. The molecule has 0 atom stereocenters. The number of sulfonamides is 1. The molecule has 0 aliphatic carbocycles. The second-order valence-corrected chi connectivity index (χ2v) is 8.00. The first-order valence-corrected chi connectivity index (χ1v) is 9.72. The van der Waals surface area contributed by atoms with Gasteiger partial charge in [-0.2, -0.15) is 9.29 Å². The van der Waals surface area contributed by atoms with E-state index in [1.165, 1.54) is 35.7 Å². The predicted molar refractivity (Wildman–Crippen MR) is 94.6 cm³/mol. The first-order valence-electron chi connectivity index (χ1n) is 8.28. The lowest BCUT2D eigenvalue weighted by Gasteiger charge is -2.35. The number of benzene rings is 1. The largest absolute Gasteiger partial charge is 0.465 e. The van der Waals surface area contributed by atoms with E-state index in [1.807, 2.05) is 0 Å². The maximum absolute atomic E-state index is 12.7. The molecule has 3 heterocycles. The van der Waals surface area contributed by atoms with Crippen molar-refractivity contribution in [3.63, 3.8) is 0 Å². The van der Waals surface area contributed by atoms with Crippen molar-refractivity contribution in [3.05, 3.63) is 54.2 Å². The minimum atomic E-state index is -3.67. The van der Waals surface area contributed by atoms with Gasteiger partial charge in [-0.15, -0.1) is 0 Å². The average molecular weight is 401 g/mol. The van der Waals surface area contributed by atoms with Crippen molar-refractivity contribution >= 4 is 16.0 Å². The molecular weight excluding hydrogens is 386 g/mol. The second-order valence-electron chi connectivity index (χ2n) is 6.06. The monoisotopic (exact) mass is 401 g/mol. The Kier molecular flexibility index (Phi) is 4.61. The molecule has 2 aromatic heterocycles. The summed E-state index contributed by atoms with van der Waals surface area (Å²) in [6.45, 7) is 0.441. The van der Waals surface area contributed by atoms with Crippen LogP contribution in [0.15, 0.2) is 52.1 Å². The molecule has 11 heteroatoms. The molecule has 1 aliphatic rings. The van der Waals surface area contributed by atoms with E-state index in [1.54, 1.807) is 18.5 Å². The number of aromatic nitrogens is 4. The first-order chi connectivity index (χ1) is 13.5. The molecule has 10 nitrogen and oxygen atoms in total. The van der Waals surface area contributed by atoms with Gasteiger partial charge in [-0.05, 0) is 30.3 Å². The molecule has 4 rings (SSSR count). The van der Waals surface area contributed by atoms with Gasteiger partial charge in [0.2, 0.25) is 27.6 Å². The van der Waals surface area contributed by atoms with E-state index in [-0.39, 0.29) is 35.3 Å². The number of hydrogen-bond acceptors (Lipinski definition) is 9. The molecule has 0 N–H and O–H groups in total. The van der Waals surface area contributed by atoms with Gasteiger partial charge in [0.15, 0.2) is 0 Å². The quantitative estimate of drug-likeness (QED) is 0.577. The highest BCUT2D eigenvalue weighted by Gasteiger charge is 2.40. The zero-order valence-electron chi connectivity index (χ0n) is 14.7. The number of esters is 1. The summed E-state index contributed by atoms with van der Waals surface area (Å²) in [5.41, 5.74) is 0.282. The third-order valence-corrected chi connectivity index (χ3v) is 6.16. The molecule has 0 unspecified atom stereocenters. The highest BCUT2D eigenvalue weighted by Crippen LogP contribution is 2.31. The van der Waals surface area contributed by atoms with E-state index in [9.17, 15) is 13.2 Å². The van der Waals surface area contributed by atoms with Crippen LogP contribution in [0, 0.1) is 0 Å². The van der Waals surface area contributed by atoms with Gasteiger partial charge in [0, 0.05) is 25.5 Å². The zero-order valence-corrected chi connectivity index (χ0v) is 15.5. The Labute approximate surface area is 160 Å². The Morgan fingerprint density at radius 3 is 2.46 bits per heavy atom. The van der Waals surface area contributed by atoms with Gasteiger partial charge in [0.25, 0.3) is 0 Å². The van der Waals surface area contributed by atoms with Crippen LogP contribution >= 0.6 is 0 Å². The summed E-state index contributed by atoms with van der Waals surface area (Å²) >= 11 is 0. The smallest absolute Gasteiger partial charge is 0.337 e. The van der Waals surface area contributed by atoms with Crippen LogP contribution in [0.4, 0.5) is 0 Å². The number of carbonyl (C=O) groups excluding carboxylic acids is 1. The molecule has 28 heavy (non-hydrogen) atoms. The van der Waals surface area contributed by atoms with Crippen LogP contribution in [-0.4, -0.2) is 59.0 Å². The number of nitrogens with zero attached hydrogens (tertiary/aromatic N) is 5. The third kappa shape index (κ3) is 3.25. The molecule has 0 amide bonds. The van der Waals surface area contributed by atoms with Gasteiger partial charge in [0.05, 0.1) is 23.5 Å². The van der Waals surface area contributed by atoms with Crippen molar-refractivity contribution in [2.24, 2.45) is 0 Å². The predicted octanol–water partition coefficient (Wildman–Crippen LogP) is 1.10. The minimum absolute atomic E-state index is 0.0995. The number of carbonyl (C=O) groups is 1. The fraction of sp³-hybridized carbons (Fsp3) is 0.235. The molecule has 0 spiro atoms. The SMILES string of the molecule is COC(=O)c1ccc(S(=O)(=O)N2CC(c3nc(-c4ncccn4)no3)C2)cc1. The molecule has 144 valence electrons. The normalized spacial score (nSPS) is 15.2. The van der Waals surface area contributed by atoms with E-state index in [0.717, 1.165) is 0 Å². The topological polar surface area (TPSA) is 128 Å². The van der Waals surface area contributed by atoms with Gasteiger partial charge in [0.1, 0.15) is 0 Å². The van der Waals surface area contributed by atoms with E-state index < -0.39 is 16.0 Å². The molecule has 1 aromatic carbocycles. The summed E-state index contributed by atoms with van der Waals surface area (Å²) in [5, 5.41) is 3.85. The Hall–Kier alpha value is -3.18. The molecular formula is C17H15N5O5S. The molecule has 1 saturated heterocycles. The van der Waals surface area contributed by atoms with Gasteiger partial charge >= 0.3 is 5.97 Å². The van der Waals surface area contributed by atoms with Gasteiger partial charge < -0.3 is 9.26 Å². The second kappa shape index (κ2) is 7.09. The average Bonchev–Trinajstić information content (AvgIpc) is 3.16. The third-order valence-electron chi connectivity index (χ3n) is 4.32. The van der Waals surface area contributed by atoms with Crippen LogP contribution < -0.4 is 0 Å². The Morgan fingerprint density at radius 2 is 1.82 bits per heavy atom. The fourth-order valence-corrected chi connectivity index (χ4v) is 4.26. The summed E-state index contributed by atoms with van der Waals surface area (Å²) in [6, 6.07) is 7.27. The summed E-state index contributed by atoms with van der Waals surface area (Å²) in [4.78, 5) is 23.9. The van der Waals surface area contributed by atoms with Crippen LogP contribution in [0.1, 0.15) is 22.2 Å². The van der Waals surface area contributed by atoms with E-state index in [2.05, 4.69) is 24.8 Å². The lowest BCUT2D eigenvalue weighted by molar-refractivity contribution is 0.0600. The van der Waals surface area contributed by atoms with Crippen molar-refractivity contribution in [1.29, 1.82) is 0 Å². The van der Waals surface area contributed by atoms with Crippen molar-refractivity contribution in [3.8, 4) is 11.6 Å².